The zero-order valence-corrected chi connectivity index (χ0v) is 16.2. The van der Waals surface area contributed by atoms with Gasteiger partial charge in [0.15, 0.2) is 11.5 Å². The van der Waals surface area contributed by atoms with Gasteiger partial charge < -0.3 is 24.8 Å². The van der Waals surface area contributed by atoms with Crippen LogP contribution in [-0.4, -0.2) is 37.8 Å². The largest absolute Gasteiger partial charge is 0.497 e. The second-order valence-electron chi connectivity index (χ2n) is 6.01. The average Bonchev–Trinajstić information content (AvgIpc) is 2.74. The number of benzene rings is 2. The van der Waals surface area contributed by atoms with Gasteiger partial charge >= 0.3 is 0 Å². The van der Waals surface area contributed by atoms with Crippen LogP contribution in [0.15, 0.2) is 54.9 Å². The number of rotatable bonds is 9. The van der Waals surface area contributed by atoms with Crippen LogP contribution in [0.25, 0.3) is 0 Å². The van der Waals surface area contributed by atoms with E-state index in [1.165, 1.54) is 11.9 Å². The Morgan fingerprint density at radius 2 is 1.54 bits per heavy atom. The van der Waals surface area contributed by atoms with E-state index >= 15 is 0 Å². The minimum absolute atomic E-state index is 0.652. The van der Waals surface area contributed by atoms with Crippen molar-refractivity contribution in [1.29, 1.82) is 0 Å². The highest BCUT2D eigenvalue weighted by Gasteiger charge is 2.06. The Balaban J connectivity index is 1.59. The highest BCUT2D eigenvalue weighted by Crippen LogP contribution is 2.30. The molecule has 0 saturated heterocycles. The number of methoxy groups -OCH3 is 3. The molecule has 0 atom stereocenters. The van der Waals surface area contributed by atoms with Gasteiger partial charge in [0.1, 0.15) is 23.7 Å². The van der Waals surface area contributed by atoms with Gasteiger partial charge in [-0.15, -0.1) is 0 Å². The van der Waals surface area contributed by atoms with Crippen LogP contribution in [0.1, 0.15) is 5.56 Å². The number of nitrogens with one attached hydrogen (secondary N) is 2. The lowest BCUT2D eigenvalue weighted by Gasteiger charge is -2.12. The molecule has 0 unspecified atom stereocenters. The van der Waals surface area contributed by atoms with Gasteiger partial charge in [0.2, 0.25) is 0 Å². The summed E-state index contributed by atoms with van der Waals surface area (Å²) in [6, 6.07) is 15.5. The highest BCUT2D eigenvalue weighted by atomic mass is 16.5. The van der Waals surface area contributed by atoms with Gasteiger partial charge in [0.25, 0.3) is 0 Å². The average molecular weight is 380 g/mol. The molecule has 0 aliphatic carbocycles. The van der Waals surface area contributed by atoms with E-state index in [0.717, 1.165) is 30.2 Å². The molecule has 2 aromatic carbocycles. The number of aromatic nitrogens is 2. The molecule has 0 radical (unpaired) electrons. The first-order valence-corrected chi connectivity index (χ1v) is 8.89. The van der Waals surface area contributed by atoms with Gasteiger partial charge in [-0.3, -0.25) is 0 Å². The normalized spacial score (nSPS) is 10.2. The van der Waals surface area contributed by atoms with Crippen molar-refractivity contribution in [2.75, 3.05) is 38.5 Å². The lowest BCUT2D eigenvalue weighted by Crippen LogP contribution is -2.07. The zero-order valence-electron chi connectivity index (χ0n) is 16.2. The molecule has 0 aliphatic rings. The molecule has 0 spiro atoms. The van der Waals surface area contributed by atoms with Crippen molar-refractivity contribution in [1.82, 2.24) is 9.97 Å². The summed E-state index contributed by atoms with van der Waals surface area (Å²) in [4.78, 5) is 8.54. The molecule has 1 heterocycles. The molecule has 7 nitrogen and oxygen atoms in total. The first kappa shape index (κ1) is 19.3. The molecule has 0 saturated carbocycles. The topological polar surface area (TPSA) is 77.5 Å². The quantitative estimate of drug-likeness (QED) is 0.583. The first-order valence-electron chi connectivity index (χ1n) is 8.89. The molecule has 0 bridgehead atoms. The van der Waals surface area contributed by atoms with E-state index < -0.39 is 0 Å². The Labute approximate surface area is 164 Å². The van der Waals surface area contributed by atoms with Crippen molar-refractivity contribution >= 4 is 17.3 Å². The SMILES string of the molecule is COc1ccc(CCNc2cc(Nc3ccc(OC)c(OC)c3)ncn2)cc1. The fourth-order valence-corrected chi connectivity index (χ4v) is 2.71. The Hall–Kier alpha value is -3.48. The fourth-order valence-electron chi connectivity index (χ4n) is 2.71. The van der Waals surface area contributed by atoms with Crippen LogP contribution in [0.3, 0.4) is 0 Å². The molecule has 2 N–H and O–H groups in total. The maximum atomic E-state index is 5.33. The van der Waals surface area contributed by atoms with Gasteiger partial charge in [0.05, 0.1) is 21.3 Å². The van der Waals surface area contributed by atoms with Gasteiger partial charge in [-0.1, -0.05) is 12.1 Å². The molecule has 1 aromatic heterocycles. The predicted octanol–water partition coefficient (Wildman–Crippen LogP) is 3.90. The summed E-state index contributed by atoms with van der Waals surface area (Å²) in [6.45, 7) is 0.763. The third-order valence-corrected chi connectivity index (χ3v) is 4.20. The zero-order chi connectivity index (χ0) is 19.8. The summed E-state index contributed by atoms with van der Waals surface area (Å²) in [6.07, 6.45) is 2.41. The summed E-state index contributed by atoms with van der Waals surface area (Å²) in [7, 11) is 4.88. The molecule has 0 aliphatic heterocycles. The van der Waals surface area contributed by atoms with Gasteiger partial charge in [-0.2, -0.15) is 0 Å². The van der Waals surface area contributed by atoms with Crippen molar-refractivity contribution in [3.63, 3.8) is 0 Å². The number of hydrogen-bond donors (Lipinski definition) is 2. The maximum absolute atomic E-state index is 5.33. The molecule has 3 rings (SSSR count). The highest BCUT2D eigenvalue weighted by molar-refractivity contribution is 5.62. The molecule has 7 heteroatoms. The summed E-state index contributed by atoms with van der Waals surface area (Å²) in [5.74, 6) is 3.63. The Morgan fingerprint density at radius 1 is 0.786 bits per heavy atom. The third-order valence-electron chi connectivity index (χ3n) is 4.20. The lowest BCUT2D eigenvalue weighted by molar-refractivity contribution is 0.355. The van der Waals surface area contributed by atoms with Crippen LogP contribution in [0.2, 0.25) is 0 Å². The van der Waals surface area contributed by atoms with Crippen LogP contribution in [0.4, 0.5) is 17.3 Å². The molecule has 0 fully saturated rings. The monoisotopic (exact) mass is 380 g/mol. The van der Waals surface area contributed by atoms with E-state index in [2.05, 4.69) is 32.7 Å². The third kappa shape index (κ3) is 5.03. The van der Waals surface area contributed by atoms with Gasteiger partial charge in [0, 0.05) is 24.4 Å². The van der Waals surface area contributed by atoms with Crippen LogP contribution in [-0.2, 0) is 6.42 Å². The van der Waals surface area contributed by atoms with Crippen molar-refractivity contribution in [3.05, 3.63) is 60.4 Å². The molecule has 3 aromatic rings. The summed E-state index contributed by atoms with van der Waals surface area (Å²) in [5.41, 5.74) is 2.08. The van der Waals surface area contributed by atoms with Crippen molar-refractivity contribution in [3.8, 4) is 17.2 Å². The summed E-state index contributed by atoms with van der Waals surface area (Å²) in [5, 5.41) is 6.57. The minimum Gasteiger partial charge on any atom is -0.497 e. The van der Waals surface area contributed by atoms with E-state index in [0.29, 0.717) is 17.3 Å². The van der Waals surface area contributed by atoms with E-state index in [-0.39, 0.29) is 0 Å². The van der Waals surface area contributed by atoms with E-state index in [1.807, 2.05) is 36.4 Å². The number of hydrogen-bond acceptors (Lipinski definition) is 7. The molecule has 146 valence electrons. The number of nitrogens with zero attached hydrogens (tertiary/aromatic N) is 2. The van der Waals surface area contributed by atoms with Crippen LogP contribution < -0.4 is 24.8 Å². The summed E-state index contributed by atoms with van der Waals surface area (Å²) >= 11 is 0. The van der Waals surface area contributed by atoms with E-state index in [4.69, 9.17) is 14.2 Å². The van der Waals surface area contributed by atoms with Gasteiger partial charge in [-0.25, -0.2) is 9.97 Å². The molecular formula is C21H24N4O3. The fraction of sp³-hybridized carbons (Fsp3) is 0.238. The van der Waals surface area contributed by atoms with Crippen molar-refractivity contribution < 1.29 is 14.2 Å². The Morgan fingerprint density at radius 3 is 2.25 bits per heavy atom. The smallest absolute Gasteiger partial charge is 0.162 e. The molecule has 28 heavy (non-hydrogen) atoms. The second-order valence-corrected chi connectivity index (χ2v) is 6.01. The Bertz CT molecular complexity index is 900. The number of anilines is 3. The molecule has 0 amide bonds. The summed E-state index contributed by atoms with van der Waals surface area (Å²) < 4.78 is 15.8. The lowest BCUT2D eigenvalue weighted by atomic mass is 10.1. The van der Waals surface area contributed by atoms with Crippen molar-refractivity contribution in [2.45, 2.75) is 6.42 Å². The second kappa shape index (κ2) is 9.45. The van der Waals surface area contributed by atoms with Crippen LogP contribution in [0, 0.1) is 0 Å². The van der Waals surface area contributed by atoms with Crippen LogP contribution >= 0.6 is 0 Å². The van der Waals surface area contributed by atoms with Crippen molar-refractivity contribution in [2.24, 2.45) is 0 Å². The first-order chi connectivity index (χ1) is 13.7. The van der Waals surface area contributed by atoms with Gasteiger partial charge in [-0.05, 0) is 36.2 Å². The number of ether oxygens (including phenoxy) is 3. The predicted molar refractivity (Wildman–Crippen MR) is 110 cm³/mol. The minimum atomic E-state index is 0.652. The Kier molecular flexibility index (Phi) is 6.51. The standard InChI is InChI=1S/C21H24N4O3/c1-26-17-7-4-15(5-8-17)10-11-22-20-13-21(24-14-23-20)25-16-6-9-18(27-2)19(12-16)28-3/h4-9,12-14H,10-11H2,1-3H3,(H2,22,23,24,25). The van der Waals surface area contributed by atoms with E-state index in [1.54, 1.807) is 21.3 Å². The molecular weight excluding hydrogens is 356 g/mol. The van der Waals surface area contributed by atoms with Crippen LogP contribution in [0.5, 0.6) is 17.2 Å². The maximum Gasteiger partial charge on any atom is 0.162 e. The van der Waals surface area contributed by atoms with E-state index in [9.17, 15) is 0 Å².